The molecule has 1 aromatic carbocycles. The van der Waals surface area contributed by atoms with Crippen LogP contribution < -0.4 is 5.32 Å². The van der Waals surface area contributed by atoms with Crippen LogP contribution in [0.1, 0.15) is 12.5 Å². The third-order valence-electron chi connectivity index (χ3n) is 3.25. The smallest absolute Gasteiger partial charge is 0.269 e. The highest BCUT2D eigenvalue weighted by atomic mass is 35.5. The molecular formula is C12H17Cl2N3O2. The second-order valence-electron chi connectivity index (χ2n) is 4.56. The number of hydrogen-bond donors (Lipinski definition) is 1. The molecule has 5 nitrogen and oxygen atoms in total. The third kappa shape index (κ3) is 4.04. The van der Waals surface area contributed by atoms with Crippen molar-refractivity contribution >= 4 is 29.7 Å². The van der Waals surface area contributed by atoms with Gasteiger partial charge in [0.1, 0.15) is 0 Å². The maximum atomic E-state index is 10.8. The van der Waals surface area contributed by atoms with Crippen LogP contribution in [0.25, 0.3) is 0 Å². The molecular weight excluding hydrogens is 289 g/mol. The average Bonchev–Trinajstić information content (AvgIpc) is 2.34. The Morgan fingerprint density at radius 1 is 1.58 bits per heavy atom. The van der Waals surface area contributed by atoms with Crippen molar-refractivity contribution in [1.82, 2.24) is 10.2 Å². The van der Waals surface area contributed by atoms with Crippen LogP contribution in [0.3, 0.4) is 0 Å². The van der Waals surface area contributed by atoms with Gasteiger partial charge in [-0.3, -0.25) is 15.0 Å². The zero-order valence-corrected chi connectivity index (χ0v) is 12.2. The number of nitrogens with zero attached hydrogens (tertiary/aromatic N) is 2. The van der Waals surface area contributed by atoms with Gasteiger partial charge in [-0.25, -0.2) is 0 Å². The zero-order chi connectivity index (χ0) is 13.1. The number of rotatable bonds is 3. The summed E-state index contributed by atoms with van der Waals surface area (Å²) in [6, 6.07) is 5.01. The van der Waals surface area contributed by atoms with Gasteiger partial charge in [-0.2, -0.15) is 0 Å². The minimum atomic E-state index is -0.388. The number of benzene rings is 1. The summed E-state index contributed by atoms with van der Waals surface area (Å²) in [7, 11) is 0. The van der Waals surface area contributed by atoms with Gasteiger partial charge in [0.05, 0.1) is 4.92 Å². The Labute approximate surface area is 123 Å². The molecule has 19 heavy (non-hydrogen) atoms. The van der Waals surface area contributed by atoms with Crippen LogP contribution in [0.5, 0.6) is 0 Å². The topological polar surface area (TPSA) is 58.4 Å². The largest absolute Gasteiger partial charge is 0.314 e. The second kappa shape index (κ2) is 7.05. The lowest BCUT2D eigenvalue weighted by molar-refractivity contribution is -0.384. The maximum absolute atomic E-state index is 10.8. The molecule has 106 valence electrons. The molecule has 1 atom stereocenters. The first-order chi connectivity index (χ1) is 8.58. The molecule has 1 aliphatic rings. The van der Waals surface area contributed by atoms with Crippen molar-refractivity contribution in [1.29, 1.82) is 0 Å². The van der Waals surface area contributed by atoms with Crippen LogP contribution in [0.4, 0.5) is 5.69 Å². The summed E-state index contributed by atoms with van der Waals surface area (Å²) in [6.07, 6.45) is 0. The molecule has 0 radical (unpaired) electrons. The first-order valence-corrected chi connectivity index (χ1v) is 6.33. The minimum absolute atomic E-state index is 0. The van der Waals surface area contributed by atoms with Gasteiger partial charge in [0.15, 0.2) is 0 Å². The third-order valence-corrected chi connectivity index (χ3v) is 3.62. The minimum Gasteiger partial charge on any atom is -0.314 e. The lowest BCUT2D eigenvalue weighted by atomic mass is 10.1. The molecule has 1 N–H and O–H groups in total. The van der Waals surface area contributed by atoms with Crippen LogP contribution in [-0.4, -0.2) is 35.5 Å². The normalized spacial score (nSPS) is 19.8. The average molecular weight is 306 g/mol. The van der Waals surface area contributed by atoms with Crippen molar-refractivity contribution < 1.29 is 4.92 Å². The summed E-state index contributed by atoms with van der Waals surface area (Å²) in [5.74, 6) is 0. The van der Waals surface area contributed by atoms with Crippen molar-refractivity contribution in [3.8, 4) is 0 Å². The molecule has 0 amide bonds. The second-order valence-corrected chi connectivity index (χ2v) is 4.96. The number of nitro benzene ring substituents is 1. The number of nitrogens with one attached hydrogen (secondary N) is 1. The standard InChI is InChI=1S/C12H16ClN3O2.ClH/c1-9-7-14-4-5-15(9)8-10-6-11(16(17)18)2-3-12(10)13;/h2-3,6,9,14H,4-5,7-8H2,1H3;1H/t9-;/m0./s1. The molecule has 1 aromatic rings. The molecule has 1 fully saturated rings. The lowest BCUT2D eigenvalue weighted by Crippen LogP contribution is -2.49. The fourth-order valence-electron chi connectivity index (χ4n) is 2.13. The maximum Gasteiger partial charge on any atom is 0.269 e. The molecule has 0 saturated carbocycles. The Morgan fingerprint density at radius 3 is 2.95 bits per heavy atom. The number of non-ortho nitro benzene ring substituents is 1. The summed E-state index contributed by atoms with van der Waals surface area (Å²) < 4.78 is 0. The molecule has 0 aromatic heterocycles. The van der Waals surface area contributed by atoms with E-state index in [1.54, 1.807) is 12.1 Å². The van der Waals surface area contributed by atoms with Gasteiger partial charge < -0.3 is 5.32 Å². The molecule has 1 aliphatic heterocycles. The van der Waals surface area contributed by atoms with E-state index in [2.05, 4.69) is 17.1 Å². The van der Waals surface area contributed by atoms with Crippen molar-refractivity contribution in [3.05, 3.63) is 38.9 Å². The van der Waals surface area contributed by atoms with Crippen LogP contribution >= 0.6 is 24.0 Å². The number of nitro groups is 1. The van der Waals surface area contributed by atoms with E-state index in [1.165, 1.54) is 6.07 Å². The van der Waals surface area contributed by atoms with E-state index in [0.29, 0.717) is 17.6 Å². The summed E-state index contributed by atoms with van der Waals surface area (Å²) in [4.78, 5) is 12.7. The Bertz CT molecular complexity index is 457. The monoisotopic (exact) mass is 305 g/mol. The van der Waals surface area contributed by atoms with Gasteiger partial charge in [0.2, 0.25) is 0 Å². The van der Waals surface area contributed by atoms with E-state index in [9.17, 15) is 10.1 Å². The Hall–Kier alpha value is -0.880. The molecule has 0 bridgehead atoms. The van der Waals surface area contributed by atoms with Gasteiger partial charge in [-0.1, -0.05) is 11.6 Å². The first kappa shape index (κ1) is 16.2. The van der Waals surface area contributed by atoms with Gasteiger partial charge in [-0.15, -0.1) is 12.4 Å². The summed E-state index contributed by atoms with van der Waals surface area (Å²) >= 11 is 6.10. The summed E-state index contributed by atoms with van der Waals surface area (Å²) in [5.41, 5.74) is 0.914. The van der Waals surface area contributed by atoms with Gasteiger partial charge in [-0.05, 0) is 18.6 Å². The Kier molecular flexibility index (Phi) is 6.00. The fraction of sp³-hybridized carbons (Fsp3) is 0.500. The van der Waals surface area contributed by atoms with Gasteiger partial charge in [0, 0.05) is 49.4 Å². The van der Waals surface area contributed by atoms with Crippen LogP contribution in [-0.2, 0) is 6.54 Å². The molecule has 2 rings (SSSR count). The number of halogens is 2. The predicted molar refractivity (Wildman–Crippen MR) is 78.1 cm³/mol. The fourth-order valence-corrected chi connectivity index (χ4v) is 2.31. The van der Waals surface area contributed by atoms with Crippen LogP contribution in [0.15, 0.2) is 18.2 Å². The SMILES string of the molecule is C[C@H]1CNCCN1Cc1cc([N+](=O)[O-])ccc1Cl.Cl. The molecule has 0 aliphatic carbocycles. The van der Waals surface area contributed by atoms with Crippen LogP contribution in [0, 0.1) is 10.1 Å². The molecule has 1 heterocycles. The van der Waals surface area contributed by atoms with E-state index in [1.807, 2.05) is 0 Å². The number of hydrogen-bond acceptors (Lipinski definition) is 4. The van der Waals surface area contributed by atoms with E-state index in [-0.39, 0.29) is 23.0 Å². The quantitative estimate of drug-likeness (QED) is 0.688. The Morgan fingerprint density at radius 2 is 2.32 bits per heavy atom. The van der Waals surface area contributed by atoms with Crippen molar-refractivity contribution in [2.75, 3.05) is 19.6 Å². The first-order valence-electron chi connectivity index (χ1n) is 5.95. The number of piperazine rings is 1. The molecule has 1 saturated heterocycles. The van der Waals surface area contributed by atoms with Crippen molar-refractivity contribution in [2.45, 2.75) is 19.5 Å². The Balaban J connectivity index is 0.00000180. The van der Waals surface area contributed by atoms with Gasteiger partial charge in [0.25, 0.3) is 5.69 Å². The highest BCUT2D eigenvalue weighted by Gasteiger charge is 2.20. The van der Waals surface area contributed by atoms with E-state index in [0.717, 1.165) is 25.2 Å². The van der Waals surface area contributed by atoms with Crippen molar-refractivity contribution in [2.24, 2.45) is 0 Å². The highest BCUT2D eigenvalue weighted by Crippen LogP contribution is 2.24. The zero-order valence-electron chi connectivity index (χ0n) is 10.6. The predicted octanol–water partition coefficient (Wildman–Crippen LogP) is 2.46. The van der Waals surface area contributed by atoms with E-state index >= 15 is 0 Å². The van der Waals surface area contributed by atoms with Crippen molar-refractivity contribution in [3.63, 3.8) is 0 Å². The highest BCUT2D eigenvalue weighted by molar-refractivity contribution is 6.31. The lowest BCUT2D eigenvalue weighted by Gasteiger charge is -2.34. The molecule has 0 spiro atoms. The molecule has 0 unspecified atom stereocenters. The van der Waals surface area contributed by atoms with E-state index < -0.39 is 0 Å². The van der Waals surface area contributed by atoms with Crippen LogP contribution in [0.2, 0.25) is 5.02 Å². The molecule has 7 heteroatoms. The summed E-state index contributed by atoms with van der Waals surface area (Å²) in [6.45, 7) is 5.60. The summed E-state index contributed by atoms with van der Waals surface area (Å²) in [5, 5.41) is 14.7. The van der Waals surface area contributed by atoms with Gasteiger partial charge >= 0.3 is 0 Å². The van der Waals surface area contributed by atoms with E-state index in [4.69, 9.17) is 11.6 Å².